The van der Waals surface area contributed by atoms with Gasteiger partial charge in [0.25, 0.3) is 0 Å². The van der Waals surface area contributed by atoms with Crippen LogP contribution in [-0.4, -0.2) is 67.0 Å². The summed E-state index contributed by atoms with van der Waals surface area (Å²) >= 11 is 0. The molecule has 0 saturated heterocycles. The van der Waals surface area contributed by atoms with Crippen LogP contribution in [0.4, 0.5) is 0 Å². The minimum atomic E-state index is -1.35. The number of hydrogen-bond acceptors (Lipinski definition) is 11. The van der Waals surface area contributed by atoms with Crippen molar-refractivity contribution in [3.63, 3.8) is 0 Å². The molecule has 0 aliphatic heterocycles. The summed E-state index contributed by atoms with van der Waals surface area (Å²) in [5.74, 6) is -3.38. The molecule has 0 heterocycles. The van der Waals surface area contributed by atoms with E-state index in [9.17, 15) is 24.0 Å². The largest absolute Gasteiger partial charge is 0.464 e. The van der Waals surface area contributed by atoms with Gasteiger partial charge in [-0.25, -0.2) is 9.59 Å². The number of aliphatic hydroxyl groups excluding tert-OH is 1. The van der Waals surface area contributed by atoms with E-state index in [-0.39, 0.29) is 45.2 Å². The van der Waals surface area contributed by atoms with Crippen molar-refractivity contribution >= 4 is 29.8 Å². The molecule has 0 amide bonds. The second kappa shape index (κ2) is 19.0. The second-order valence-corrected chi connectivity index (χ2v) is 11.6. The Morgan fingerprint density at radius 2 is 1.32 bits per heavy atom. The van der Waals surface area contributed by atoms with Crippen LogP contribution < -0.4 is 0 Å². The summed E-state index contributed by atoms with van der Waals surface area (Å²) in [6, 6.07) is 9.18. The fourth-order valence-corrected chi connectivity index (χ4v) is 3.89. The molecule has 5 atom stereocenters. The Kier molecular flexibility index (Phi) is 16.7. The van der Waals surface area contributed by atoms with Gasteiger partial charge in [-0.15, -0.1) is 0 Å². The van der Waals surface area contributed by atoms with E-state index >= 15 is 0 Å². The van der Waals surface area contributed by atoms with Crippen molar-refractivity contribution in [2.75, 3.05) is 19.8 Å². The number of ether oxygens (including phenoxy) is 5. The van der Waals surface area contributed by atoms with Crippen molar-refractivity contribution in [2.24, 2.45) is 16.7 Å². The highest BCUT2D eigenvalue weighted by atomic mass is 16.6. The summed E-state index contributed by atoms with van der Waals surface area (Å²) in [7, 11) is 0. The summed E-state index contributed by atoms with van der Waals surface area (Å²) in [6.45, 7) is 10.9. The van der Waals surface area contributed by atoms with E-state index in [2.05, 4.69) is 0 Å². The molecule has 0 radical (unpaired) electrons. The lowest BCUT2D eigenvalue weighted by Crippen LogP contribution is -2.40. The van der Waals surface area contributed by atoms with Gasteiger partial charge in [-0.05, 0) is 64.9 Å². The predicted octanol–water partition coefficient (Wildman–Crippen LogP) is 4.70. The highest BCUT2D eigenvalue weighted by molar-refractivity contribution is 5.84. The van der Waals surface area contributed by atoms with Gasteiger partial charge in [0.05, 0.1) is 10.8 Å². The van der Waals surface area contributed by atoms with Crippen LogP contribution in [0.15, 0.2) is 30.3 Å². The zero-order valence-electron chi connectivity index (χ0n) is 27.2. The summed E-state index contributed by atoms with van der Waals surface area (Å²) in [5.41, 5.74) is -1.49. The zero-order valence-corrected chi connectivity index (χ0v) is 27.2. The van der Waals surface area contributed by atoms with E-state index in [4.69, 9.17) is 28.8 Å². The number of carbonyl (C=O) groups excluding carboxylic acids is 5. The lowest BCUT2D eigenvalue weighted by atomic mass is 9.88. The zero-order chi connectivity index (χ0) is 33.3. The number of aliphatic hydroxyl groups is 1. The van der Waals surface area contributed by atoms with Gasteiger partial charge in [0.1, 0.15) is 19.8 Å². The van der Waals surface area contributed by atoms with Crippen LogP contribution in [0.2, 0.25) is 0 Å². The smallest absolute Gasteiger partial charge is 0.347 e. The molecule has 1 N–H and O–H groups in total. The molecular weight excluding hydrogens is 572 g/mol. The van der Waals surface area contributed by atoms with E-state index in [1.807, 2.05) is 37.3 Å². The maximum Gasteiger partial charge on any atom is 0.347 e. The topological polar surface area (TPSA) is 152 Å². The molecule has 0 saturated carbocycles. The Balaban J connectivity index is 2.59. The Morgan fingerprint density at radius 1 is 0.750 bits per heavy atom. The number of esters is 5. The van der Waals surface area contributed by atoms with Gasteiger partial charge in [-0.3, -0.25) is 14.4 Å². The van der Waals surface area contributed by atoms with E-state index in [0.29, 0.717) is 19.3 Å². The molecule has 0 fully saturated rings. The van der Waals surface area contributed by atoms with Crippen molar-refractivity contribution in [3.8, 4) is 0 Å². The SMILES string of the molecule is CCC(CCO)CCC(=O)OCC(C)(CC)C(=O)O[C@@H](C)C(=O)O[C@@H](C)C(=O)OCC(C)(CC)C(=O)OCc1ccccc1. The molecule has 1 aromatic rings. The monoisotopic (exact) mass is 622 g/mol. The highest BCUT2D eigenvalue weighted by Gasteiger charge is 2.38. The first-order valence-electron chi connectivity index (χ1n) is 15.3. The van der Waals surface area contributed by atoms with E-state index in [1.165, 1.54) is 13.8 Å². The average molecular weight is 623 g/mol. The molecule has 11 nitrogen and oxygen atoms in total. The maximum atomic E-state index is 12.9. The van der Waals surface area contributed by atoms with Gasteiger partial charge in [0.2, 0.25) is 0 Å². The van der Waals surface area contributed by atoms with Gasteiger partial charge in [0, 0.05) is 13.0 Å². The standard InChI is InChI=1S/C33H50O11/c1-8-25(18-19-34)16-17-27(35)41-21-33(7,10-3)31(39)44-24(5)29(37)43-23(4)28(36)42-22-32(6,9-2)30(38)40-20-26-14-12-11-13-15-26/h11-15,23-25,34H,8-10,16-22H2,1-7H3/t23-,24-,25?,32?,33?/m0/s1. The average Bonchev–Trinajstić information content (AvgIpc) is 3.03. The molecule has 1 rings (SSSR count). The first kappa shape index (κ1) is 38.6. The molecular formula is C33H50O11. The minimum absolute atomic E-state index is 0.0538. The van der Waals surface area contributed by atoms with Crippen LogP contribution in [0.25, 0.3) is 0 Å². The van der Waals surface area contributed by atoms with Gasteiger partial charge in [-0.1, -0.05) is 57.5 Å². The quantitative estimate of drug-likeness (QED) is 0.159. The molecule has 3 unspecified atom stereocenters. The van der Waals surface area contributed by atoms with Crippen molar-refractivity contribution < 1.29 is 52.8 Å². The summed E-state index contributed by atoms with van der Waals surface area (Å²) in [5, 5.41) is 9.11. The number of rotatable bonds is 20. The van der Waals surface area contributed by atoms with Crippen LogP contribution in [0.3, 0.4) is 0 Å². The molecule has 0 spiro atoms. The van der Waals surface area contributed by atoms with E-state index in [1.54, 1.807) is 27.7 Å². The summed E-state index contributed by atoms with van der Waals surface area (Å²) in [6.07, 6.45) is 0.102. The van der Waals surface area contributed by atoms with Crippen molar-refractivity contribution in [2.45, 2.75) is 106 Å². The van der Waals surface area contributed by atoms with Crippen LogP contribution in [0.1, 0.15) is 92.6 Å². The minimum Gasteiger partial charge on any atom is -0.464 e. The third-order valence-electron chi connectivity index (χ3n) is 7.96. The summed E-state index contributed by atoms with van der Waals surface area (Å²) < 4.78 is 26.5. The normalized spacial score (nSPS) is 15.8. The first-order valence-corrected chi connectivity index (χ1v) is 15.3. The molecule has 248 valence electrons. The van der Waals surface area contributed by atoms with Crippen molar-refractivity contribution in [1.82, 2.24) is 0 Å². The Bertz CT molecular complexity index is 1070. The van der Waals surface area contributed by atoms with E-state index in [0.717, 1.165) is 12.0 Å². The second-order valence-electron chi connectivity index (χ2n) is 11.6. The van der Waals surface area contributed by atoms with Gasteiger partial charge < -0.3 is 28.8 Å². The van der Waals surface area contributed by atoms with E-state index < -0.39 is 52.9 Å². The summed E-state index contributed by atoms with van der Waals surface area (Å²) in [4.78, 5) is 63.1. The molecule has 0 aromatic heterocycles. The van der Waals surface area contributed by atoms with Crippen molar-refractivity contribution in [3.05, 3.63) is 35.9 Å². The van der Waals surface area contributed by atoms with Crippen LogP contribution in [0, 0.1) is 16.7 Å². The van der Waals surface area contributed by atoms with Gasteiger partial charge >= 0.3 is 29.8 Å². The fourth-order valence-electron chi connectivity index (χ4n) is 3.89. The number of carbonyl (C=O) groups is 5. The predicted molar refractivity (Wildman–Crippen MR) is 161 cm³/mol. The molecule has 1 aromatic carbocycles. The molecule has 11 heteroatoms. The van der Waals surface area contributed by atoms with Gasteiger partial charge in [-0.2, -0.15) is 0 Å². The van der Waals surface area contributed by atoms with Crippen LogP contribution in [-0.2, 0) is 54.3 Å². The molecule has 0 bridgehead atoms. The Hall–Kier alpha value is -3.47. The third-order valence-corrected chi connectivity index (χ3v) is 7.96. The Labute approximate surface area is 260 Å². The van der Waals surface area contributed by atoms with Gasteiger partial charge in [0.15, 0.2) is 12.2 Å². The molecule has 44 heavy (non-hydrogen) atoms. The maximum absolute atomic E-state index is 12.9. The molecule has 0 aliphatic carbocycles. The lowest BCUT2D eigenvalue weighted by molar-refractivity contribution is -0.183. The number of hydrogen-bond donors (Lipinski definition) is 1. The van der Waals surface area contributed by atoms with Crippen LogP contribution in [0.5, 0.6) is 0 Å². The number of benzene rings is 1. The van der Waals surface area contributed by atoms with Crippen molar-refractivity contribution in [1.29, 1.82) is 0 Å². The fraction of sp³-hybridized carbons (Fsp3) is 0.667. The lowest BCUT2D eigenvalue weighted by Gasteiger charge is -2.27. The highest BCUT2D eigenvalue weighted by Crippen LogP contribution is 2.26. The molecule has 0 aliphatic rings. The third kappa shape index (κ3) is 12.6. The first-order chi connectivity index (χ1) is 20.7. The Morgan fingerprint density at radius 3 is 1.89 bits per heavy atom. The van der Waals surface area contributed by atoms with Crippen LogP contribution >= 0.6 is 0 Å².